The van der Waals surface area contributed by atoms with Crippen LogP contribution in [-0.2, 0) is 17.8 Å². The van der Waals surface area contributed by atoms with E-state index in [4.69, 9.17) is 4.74 Å². The number of nitrogens with zero attached hydrogens (tertiary/aromatic N) is 1. The van der Waals surface area contributed by atoms with Crippen molar-refractivity contribution in [2.75, 3.05) is 13.7 Å². The Morgan fingerprint density at radius 1 is 1.35 bits per heavy atom. The average Bonchev–Trinajstić information content (AvgIpc) is 3.23. The van der Waals surface area contributed by atoms with Gasteiger partial charge in [-0.1, -0.05) is 12.1 Å². The van der Waals surface area contributed by atoms with Crippen molar-refractivity contribution in [3.05, 3.63) is 35.5 Å². The monoisotopic (exact) mass is 272 g/mol. The summed E-state index contributed by atoms with van der Waals surface area (Å²) in [5.41, 5.74) is 4.10. The van der Waals surface area contributed by atoms with Crippen LogP contribution in [-0.4, -0.2) is 24.3 Å². The summed E-state index contributed by atoms with van der Waals surface area (Å²) >= 11 is 0. The lowest BCUT2D eigenvalue weighted by Crippen LogP contribution is -2.15. The summed E-state index contributed by atoms with van der Waals surface area (Å²) in [4.78, 5) is 0. The van der Waals surface area contributed by atoms with E-state index >= 15 is 0 Å². The van der Waals surface area contributed by atoms with Crippen LogP contribution in [0.15, 0.2) is 24.4 Å². The van der Waals surface area contributed by atoms with Crippen molar-refractivity contribution in [2.45, 2.75) is 45.3 Å². The molecule has 1 fully saturated rings. The second-order valence-electron chi connectivity index (χ2n) is 5.86. The highest BCUT2D eigenvalue weighted by Gasteiger charge is 2.20. The van der Waals surface area contributed by atoms with Gasteiger partial charge in [-0.15, -0.1) is 0 Å². The molecule has 20 heavy (non-hydrogen) atoms. The Kier molecular flexibility index (Phi) is 4.08. The highest BCUT2D eigenvalue weighted by atomic mass is 16.5. The lowest BCUT2D eigenvalue weighted by atomic mass is 10.1. The van der Waals surface area contributed by atoms with Gasteiger partial charge in [0.25, 0.3) is 0 Å². The van der Waals surface area contributed by atoms with Gasteiger partial charge in [0.1, 0.15) is 0 Å². The van der Waals surface area contributed by atoms with E-state index < -0.39 is 0 Å². The van der Waals surface area contributed by atoms with Crippen molar-refractivity contribution in [3.8, 4) is 0 Å². The van der Waals surface area contributed by atoms with Gasteiger partial charge in [-0.05, 0) is 43.4 Å². The molecular formula is C17H24N2O. The minimum atomic E-state index is 0.765. The first kappa shape index (κ1) is 13.7. The van der Waals surface area contributed by atoms with Crippen LogP contribution in [0.4, 0.5) is 0 Å². The van der Waals surface area contributed by atoms with Crippen molar-refractivity contribution in [1.29, 1.82) is 0 Å². The molecule has 1 N–H and O–H groups in total. The molecule has 0 bridgehead atoms. The summed E-state index contributed by atoms with van der Waals surface area (Å²) in [7, 11) is 1.76. The number of benzene rings is 1. The van der Waals surface area contributed by atoms with Crippen molar-refractivity contribution >= 4 is 10.9 Å². The number of methoxy groups -OCH3 is 1. The van der Waals surface area contributed by atoms with E-state index in [1.165, 1.54) is 34.9 Å². The molecule has 3 rings (SSSR count). The van der Waals surface area contributed by atoms with E-state index in [9.17, 15) is 0 Å². The topological polar surface area (TPSA) is 26.2 Å². The molecule has 1 aliphatic rings. The quantitative estimate of drug-likeness (QED) is 0.783. The van der Waals surface area contributed by atoms with Gasteiger partial charge in [-0.2, -0.15) is 0 Å². The first-order valence-electron chi connectivity index (χ1n) is 7.58. The molecule has 1 saturated carbocycles. The summed E-state index contributed by atoms with van der Waals surface area (Å²) in [6.07, 6.45) is 6.01. The molecule has 2 aromatic rings. The fourth-order valence-electron chi connectivity index (χ4n) is 2.74. The standard InChI is InChI=1S/C17H24N2O/c1-13-12-19(8-3-9-20-2)17-10-14(4-7-16(13)17)11-18-15-5-6-15/h4,7,10,12,15,18H,3,5-6,8-9,11H2,1-2H3. The van der Waals surface area contributed by atoms with Crippen LogP contribution < -0.4 is 5.32 Å². The molecule has 0 radical (unpaired) electrons. The highest BCUT2D eigenvalue weighted by molar-refractivity contribution is 5.84. The number of hydrogen-bond donors (Lipinski definition) is 1. The maximum absolute atomic E-state index is 5.15. The summed E-state index contributed by atoms with van der Waals surface area (Å²) in [6.45, 7) is 5.03. The largest absolute Gasteiger partial charge is 0.385 e. The van der Waals surface area contributed by atoms with Gasteiger partial charge in [-0.25, -0.2) is 0 Å². The zero-order valence-corrected chi connectivity index (χ0v) is 12.5. The summed E-state index contributed by atoms with van der Waals surface area (Å²) in [5, 5.41) is 4.96. The lowest BCUT2D eigenvalue weighted by molar-refractivity contribution is 0.190. The van der Waals surface area contributed by atoms with Gasteiger partial charge in [0, 0.05) is 49.9 Å². The number of aromatic nitrogens is 1. The average molecular weight is 272 g/mol. The molecule has 1 heterocycles. The molecule has 108 valence electrons. The third-order valence-electron chi connectivity index (χ3n) is 4.07. The van der Waals surface area contributed by atoms with E-state index in [0.29, 0.717) is 0 Å². The van der Waals surface area contributed by atoms with Gasteiger partial charge in [0.15, 0.2) is 0 Å². The second kappa shape index (κ2) is 5.98. The number of rotatable bonds is 7. The normalized spacial score (nSPS) is 15.1. The zero-order chi connectivity index (χ0) is 13.9. The van der Waals surface area contributed by atoms with E-state index in [1.54, 1.807) is 7.11 Å². The van der Waals surface area contributed by atoms with Gasteiger partial charge < -0.3 is 14.6 Å². The third-order valence-corrected chi connectivity index (χ3v) is 4.07. The van der Waals surface area contributed by atoms with Crippen LogP contribution in [0.5, 0.6) is 0 Å². The second-order valence-corrected chi connectivity index (χ2v) is 5.86. The molecule has 1 aliphatic carbocycles. The fraction of sp³-hybridized carbons (Fsp3) is 0.529. The summed E-state index contributed by atoms with van der Waals surface area (Å²) in [6, 6.07) is 7.62. The molecule has 3 nitrogen and oxygen atoms in total. The first-order chi connectivity index (χ1) is 9.78. The molecule has 3 heteroatoms. The smallest absolute Gasteiger partial charge is 0.0486 e. The molecule has 1 aromatic carbocycles. The summed E-state index contributed by atoms with van der Waals surface area (Å²) < 4.78 is 7.52. The predicted molar refractivity (Wildman–Crippen MR) is 83.0 cm³/mol. The fourth-order valence-corrected chi connectivity index (χ4v) is 2.74. The molecule has 0 aliphatic heterocycles. The van der Waals surface area contributed by atoms with Crippen LogP contribution in [0.3, 0.4) is 0 Å². The van der Waals surface area contributed by atoms with Crippen LogP contribution in [0.2, 0.25) is 0 Å². The van der Waals surface area contributed by atoms with Crippen LogP contribution in [0.25, 0.3) is 10.9 Å². The van der Waals surface area contributed by atoms with Crippen molar-refractivity contribution < 1.29 is 4.74 Å². The molecule has 0 spiro atoms. The van der Waals surface area contributed by atoms with E-state index in [0.717, 1.165) is 32.2 Å². The molecular weight excluding hydrogens is 248 g/mol. The van der Waals surface area contributed by atoms with Gasteiger partial charge >= 0.3 is 0 Å². The van der Waals surface area contributed by atoms with E-state index in [-0.39, 0.29) is 0 Å². The van der Waals surface area contributed by atoms with Crippen LogP contribution in [0, 0.1) is 6.92 Å². The molecule has 1 aromatic heterocycles. The van der Waals surface area contributed by atoms with Gasteiger partial charge in [0.2, 0.25) is 0 Å². The molecule has 0 atom stereocenters. The number of fused-ring (bicyclic) bond motifs is 1. The lowest BCUT2D eigenvalue weighted by Gasteiger charge is -2.07. The minimum Gasteiger partial charge on any atom is -0.385 e. The Balaban J connectivity index is 1.79. The highest BCUT2D eigenvalue weighted by Crippen LogP contribution is 2.24. The summed E-state index contributed by atoms with van der Waals surface area (Å²) in [5.74, 6) is 0. The molecule has 0 unspecified atom stereocenters. The van der Waals surface area contributed by atoms with Crippen molar-refractivity contribution in [2.24, 2.45) is 0 Å². The Bertz CT molecular complexity index is 584. The van der Waals surface area contributed by atoms with E-state index in [1.807, 2.05) is 0 Å². The van der Waals surface area contributed by atoms with Gasteiger partial charge in [-0.3, -0.25) is 0 Å². The first-order valence-corrected chi connectivity index (χ1v) is 7.58. The number of nitrogens with one attached hydrogen (secondary N) is 1. The number of aryl methyl sites for hydroxylation is 2. The minimum absolute atomic E-state index is 0.765. The van der Waals surface area contributed by atoms with Crippen molar-refractivity contribution in [3.63, 3.8) is 0 Å². The maximum atomic E-state index is 5.15. The number of hydrogen-bond acceptors (Lipinski definition) is 2. The Morgan fingerprint density at radius 3 is 2.95 bits per heavy atom. The Labute approximate surface area is 120 Å². The maximum Gasteiger partial charge on any atom is 0.0486 e. The SMILES string of the molecule is COCCCn1cc(C)c2ccc(CNC3CC3)cc21. The van der Waals surface area contributed by atoms with Gasteiger partial charge in [0.05, 0.1) is 0 Å². The third kappa shape index (κ3) is 3.05. The molecule has 0 amide bonds. The Morgan fingerprint density at radius 2 is 2.20 bits per heavy atom. The van der Waals surface area contributed by atoms with Crippen molar-refractivity contribution in [1.82, 2.24) is 9.88 Å². The zero-order valence-electron chi connectivity index (χ0n) is 12.5. The molecule has 0 saturated heterocycles. The Hall–Kier alpha value is -1.32. The number of ether oxygens (including phenoxy) is 1. The predicted octanol–water partition coefficient (Wildman–Crippen LogP) is 3.24. The van der Waals surface area contributed by atoms with Crippen LogP contribution in [0.1, 0.15) is 30.4 Å². The van der Waals surface area contributed by atoms with E-state index in [2.05, 4.69) is 41.2 Å². The van der Waals surface area contributed by atoms with Crippen LogP contribution >= 0.6 is 0 Å².